The van der Waals surface area contributed by atoms with E-state index in [2.05, 4.69) is 20.8 Å². The van der Waals surface area contributed by atoms with Gasteiger partial charge in [0.05, 0.1) is 18.3 Å². The van der Waals surface area contributed by atoms with Crippen molar-refractivity contribution in [2.75, 3.05) is 6.61 Å². The van der Waals surface area contributed by atoms with Crippen LogP contribution in [-0.4, -0.2) is 47.2 Å². The second-order valence-electron chi connectivity index (χ2n) is 9.62. The lowest BCUT2D eigenvalue weighted by Gasteiger charge is -2.54. The molecule has 8 atom stereocenters. The van der Waals surface area contributed by atoms with E-state index in [1.165, 1.54) is 5.57 Å². The molecule has 2 spiro atoms. The molecule has 25 heavy (non-hydrogen) atoms. The number of fused-ring (bicyclic) bond motifs is 2. The smallest absolute Gasteiger partial charge is 0.334 e. The van der Waals surface area contributed by atoms with Crippen molar-refractivity contribution in [3.05, 3.63) is 11.1 Å². The summed E-state index contributed by atoms with van der Waals surface area (Å²) in [7, 11) is 0. The lowest BCUT2D eigenvalue weighted by molar-refractivity contribution is -0.136. The number of cyclic esters (lactones) is 1. The maximum absolute atomic E-state index is 12.0. The number of hydrogen-bond donors (Lipinski definition) is 1. The Hall–Kier alpha value is -0.910. The SMILES string of the molecule is CC(C)[C@@H]1C[C@@H]2O[C@]23[C@]2(O[C@H]2C[C@H]2C4=C(CC[C@@]23C)C(=O)OC4)[C@@H]1O. The zero-order valence-corrected chi connectivity index (χ0v) is 15.1. The highest BCUT2D eigenvalue weighted by molar-refractivity contribution is 5.92. The number of ether oxygens (including phenoxy) is 3. The van der Waals surface area contributed by atoms with Gasteiger partial charge in [-0.3, -0.25) is 0 Å². The average molecular weight is 346 g/mol. The first-order valence-electron chi connectivity index (χ1n) is 9.79. The zero-order valence-electron chi connectivity index (χ0n) is 15.1. The molecule has 3 aliphatic heterocycles. The summed E-state index contributed by atoms with van der Waals surface area (Å²) in [4.78, 5) is 12.0. The van der Waals surface area contributed by atoms with Crippen LogP contribution in [0.1, 0.15) is 46.5 Å². The van der Waals surface area contributed by atoms with Crippen LogP contribution in [0.4, 0.5) is 0 Å². The predicted molar refractivity (Wildman–Crippen MR) is 87.6 cm³/mol. The quantitative estimate of drug-likeness (QED) is 0.581. The molecule has 6 rings (SSSR count). The number of rotatable bonds is 1. The molecule has 2 saturated heterocycles. The maximum Gasteiger partial charge on any atom is 0.334 e. The van der Waals surface area contributed by atoms with E-state index in [1.807, 2.05) is 0 Å². The van der Waals surface area contributed by atoms with Crippen LogP contribution in [-0.2, 0) is 19.0 Å². The summed E-state index contributed by atoms with van der Waals surface area (Å²) < 4.78 is 18.1. The molecule has 5 heteroatoms. The topological polar surface area (TPSA) is 71.6 Å². The molecule has 0 unspecified atom stereocenters. The Bertz CT molecular complexity index is 728. The minimum Gasteiger partial charge on any atom is -0.458 e. The Morgan fingerprint density at radius 2 is 2.00 bits per heavy atom. The minimum atomic E-state index is -0.516. The molecule has 4 fully saturated rings. The molecule has 0 amide bonds. The van der Waals surface area contributed by atoms with Crippen molar-refractivity contribution in [3.8, 4) is 0 Å². The van der Waals surface area contributed by atoms with Crippen LogP contribution < -0.4 is 0 Å². The van der Waals surface area contributed by atoms with E-state index in [4.69, 9.17) is 14.2 Å². The van der Waals surface area contributed by atoms with Gasteiger partial charge in [0.2, 0.25) is 0 Å². The summed E-state index contributed by atoms with van der Waals surface area (Å²) in [5, 5.41) is 11.3. The van der Waals surface area contributed by atoms with Crippen LogP contribution in [0.25, 0.3) is 0 Å². The van der Waals surface area contributed by atoms with Crippen molar-refractivity contribution < 1.29 is 24.1 Å². The fraction of sp³-hybridized carbons (Fsp3) is 0.850. The predicted octanol–water partition coefficient (Wildman–Crippen LogP) is 1.97. The Kier molecular flexibility index (Phi) is 2.52. The van der Waals surface area contributed by atoms with Gasteiger partial charge in [0.15, 0.2) is 5.60 Å². The summed E-state index contributed by atoms with van der Waals surface area (Å²) in [5.74, 6) is 0.806. The first-order valence-corrected chi connectivity index (χ1v) is 9.79. The van der Waals surface area contributed by atoms with Gasteiger partial charge in [0.1, 0.15) is 12.2 Å². The summed E-state index contributed by atoms with van der Waals surface area (Å²) >= 11 is 0. The number of hydrogen-bond acceptors (Lipinski definition) is 5. The normalized spacial score (nSPS) is 58.0. The number of aliphatic hydroxyl groups excluding tert-OH is 1. The van der Waals surface area contributed by atoms with E-state index in [0.29, 0.717) is 12.5 Å². The van der Waals surface area contributed by atoms with E-state index in [-0.39, 0.29) is 41.0 Å². The molecule has 2 saturated carbocycles. The van der Waals surface area contributed by atoms with Gasteiger partial charge in [-0.05, 0) is 49.0 Å². The first-order chi connectivity index (χ1) is 11.9. The molecule has 3 aliphatic carbocycles. The van der Waals surface area contributed by atoms with Gasteiger partial charge in [-0.1, -0.05) is 20.8 Å². The van der Waals surface area contributed by atoms with Crippen LogP contribution in [0.3, 0.4) is 0 Å². The highest BCUT2D eigenvalue weighted by Gasteiger charge is 2.92. The number of esters is 1. The minimum absolute atomic E-state index is 0.0506. The van der Waals surface area contributed by atoms with Gasteiger partial charge < -0.3 is 19.3 Å². The van der Waals surface area contributed by atoms with E-state index < -0.39 is 11.7 Å². The van der Waals surface area contributed by atoms with Gasteiger partial charge in [-0.15, -0.1) is 0 Å². The average Bonchev–Trinajstić information content (AvgIpc) is 3.44. The number of epoxide rings is 2. The molecule has 3 heterocycles. The third-order valence-corrected chi connectivity index (χ3v) is 8.63. The number of carbonyl (C=O) groups excluding carboxylic acids is 1. The Labute approximate surface area is 147 Å². The fourth-order valence-corrected chi connectivity index (χ4v) is 7.29. The Morgan fingerprint density at radius 3 is 2.76 bits per heavy atom. The van der Waals surface area contributed by atoms with Crippen molar-refractivity contribution in [2.45, 2.75) is 76.0 Å². The molecule has 6 aliphatic rings. The second kappa shape index (κ2) is 4.15. The molecule has 0 radical (unpaired) electrons. The van der Waals surface area contributed by atoms with Gasteiger partial charge in [-0.2, -0.15) is 0 Å². The van der Waals surface area contributed by atoms with E-state index >= 15 is 0 Å². The van der Waals surface area contributed by atoms with Crippen molar-refractivity contribution >= 4 is 5.97 Å². The summed E-state index contributed by atoms with van der Waals surface area (Å²) in [5.41, 5.74) is 1.12. The highest BCUT2D eigenvalue weighted by atomic mass is 16.7. The van der Waals surface area contributed by atoms with Gasteiger partial charge in [0, 0.05) is 11.0 Å². The highest BCUT2D eigenvalue weighted by Crippen LogP contribution is 2.79. The standard InChI is InChI=1S/C20H26O5/c1-9(2)11-6-15-20(25-15)18(3)5-4-10-12(8-23-17(10)22)13(18)7-14-19(20,24-14)16(11)21/h9,11,13-16,21H,4-8H2,1-3H3/t11-,13-,14-,15-,16+,18-,19+,20+/m0/s1. The molecule has 1 N–H and O–H groups in total. The van der Waals surface area contributed by atoms with Crippen LogP contribution in [0.5, 0.6) is 0 Å². The van der Waals surface area contributed by atoms with Gasteiger partial charge >= 0.3 is 5.97 Å². The van der Waals surface area contributed by atoms with Crippen molar-refractivity contribution in [1.29, 1.82) is 0 Å². The molecule has 0 aromatic rings. The Balaban J connectivity index is 1.46. The molecule has 5 nitrogen and oxygen atoms in total. The fourth-order valence-electron chi connectivity index (χ4n) is 7.29. The Morgan fingerprint density at radius 1 is 1.20 bits per heavy atom. The summed E-state index contributed by atoms with van der Waals surface area (Å²) in [6, 6.07) is 0. The molecule has 136 valence electrons. The maximum atomic E-state index is 12.0. The molecule has 0 bridgehead atoms. The summed E-state index contributed by atoms with van der Waals surface area (Å²) in [6.07, 6.45) is 3.26. The zero-order chi connectivity index (χ0) is 17.4. The third kappa shape index (κ3) is 1.39. The van der Waals surface area contributed by atoms with E-state index in [9.17, 15) is 9.90 Å². The molecule has 0 aromatic carbocycles. The van der Waals surface area contributed by atoms with Crippen LogP contribution in [0, 0.1) is 23.2 Å². The van der Waals surface area contributed by atoms with Crippen molar-refractivity contribution in [3.63, 3.8) is 0 Å². The third-order valence-electron chi connectivity index (χ3n) is 8.63. The lowest BCUT2D eigenvalue weighted by Crippen LogP contribution is -2.66. The van der Waals surface area contributed by atoms with Crippen molar-refractivity contribution in [1.82, 2.24) is 0 Å². The van der Waals surface area contributed by atoms with Crippen molar-refractivity contribution in [2.24, 2.45) is 23.2 Å². The monoisotopic (exact) mass is 346 g/mol. The molecular weight excluding hydrogens is 320 g/mol. The first kappa shape index (κ1) is 15.2. The molecular formula is C20H26O5. The van der Waals surface area contributed by atoms with E-state index in [1.54, 1.807) is 0 Å². The largest absolute Gasteiger partial charge is 0.458 e. The number of carbonyl (C=O) groups is 1. The van der Waals surface area contributed by atoms with Gasteiger partial charge in [0.25, 0.3) is 0 Å². The van der Waals surface area contributed by atoms with Crippen LogP contribution in [0.2, 0.25) is 0 Å². The van der Waals surface area contributed by atoms with Gasteiger partial charge in [-0.25, -0.2) is 4.79 Å². The van der Waals surface area contributed by atoms with Crippen LogP contribution >= 0.6 is 0 Å². The second-order valence-corrected chi connectivity index (χ2v) is 9.62. The number of aliphatic hydroxyl groups is 1. The lowest BCUT2D eigenvalue weighted by atomic mass is 9.46. The molecule has 0 aromatic heterocycles. The van der Waals surface area contributed by atoms with Crippen LogP contribution in [0.15, 0.2) is 11.1 Å². The van der Waals surface area contributed by atoms with E-state index in [0.717, 1.165) is 31.3 Å². The summed E-state index contributed by atoms with van der Waals surface area (Å²) in [6.45, 7) is 7.12.